The molecule has 32 heavy (non-hydrogen) atoms. The normalized spacial score (nSPS) is 11.7. The fraction of sp³-hybridized carbons (Fsp3) is 0.417. The lowest BCUT2D eigenvalue weighted by Crippen LogP contribution is -2.48. The molecule has 0 spiro atoms. The number of nitrogens with one attached hydrogen (secondary N) is 1. The Kier molecular flexibility index (Phi) is 11.2. The first kappa shape index (κ1) is 26.4. The maximum atomic E-state index is 13.1. The Morgan fingerprint density at radius 2 is 1.78 bits per heavy atom. The first-order chi connectivity index (χ1) is 15.4. The standard InChI is InChI=1S/C24H30Cl2N2O3S/c1-4-5-13-27-24(30)17(2)28(14-18-9-11-19(31-3)12-10-18)23(29)16-32-15-20-21(25)7-6-8-22(20)26/h6-12,17H,4-5,13-16H2,1-3H3,(H,27,30)/t17-/m0/s1. The van der Waals surface area contributed by atoms with Crippen molar-refractivity contribution in [2.45, 2.75) is 45.0 Å². The maximum Gasteiger partial charge on any atom is 0.242 e. The maximum absolute atomic E-state index is 13.1. The lowest BCUT2D eigenvalue weighted by Gasteiger charge is -2.29. The van der Waals surface area contributed by atoms with Crippen LogP contribution in [-0.4, -0.2) is 42.2 Å². The molecule has 0 fully saturated rings. The lowest BCUT2D eigenvalue weighted by atomic mass is 10.1. The number of methoxy groups -OCH3 is 1. The van der Waals surface area contributed by atoms with Crippen molar-refractivity contribution in [3.63, 3.8) is 0 Å². The lowest BCUT2D eigenvalue weighted by molar-refractivity contribution is -0.138. The van der Waals surface area contributed by atoms with Gasteiger partial charge in [-0.3, -0.25) is 9.59 Å². The molecule has 1 N–H and O–H groups in total. The topological polar surface area (TPSA) is 58.6 Å². The molecule has 0 bridgehead atoms. The van der Waals surface area contributed by atoms with E-state index in [1.165, 1.54) is 11.8 Å². The fourth-order valence-electron chi connectivity index (χ4n) is 3.04. The summed E-state index contributed by atoms with van der Waals surface area (Å²) in [7, 11) is 1.61. The zero-order chi connectivity index (χ0) is 23.5. The van der Waals surface area contributed by atoms with Crippen molar-refractivity contribution in [3.05, 3.63) is 63.6 Å². The number of ether oxygens (including phenoxy) is 1. The zero-order valence-electron chi connectivity index (χ0n) is 18.7. The monoisotopic (exact) mass is 496 g/mol. The smallest absolute Gasteiger partial charge is 0.242 e. The van der Waals surface area contributed by atoms with Crippen molar-refractivity contribution in [2.75, 3.05) is 19.4 Å². The molecule has 0 saturated heterocycles. The van der Waals surface area contributed by atoms with Gasteiger partial charge in [-0.2, -0.15) is 0 Å². The van der Waals surface area contributed by atoms with Gasteiger partial charge in [-0.1, -0.05) is 54.7 Å². The first-order valence-corrected chi connectivity index (χ1v) is 12.5. The van der Waals surface area contributed by atoms with Gasteiger partial charge in [0.15, 0.2) is 0 Å². The van der Waals surface area contributed by atoms with Crippen molar-refractivity contribution >= 4 is 46.8 Å². The number of rotatable bonds is 12. The number of nitrogens with zero attached hydrogens (tertiary/aromatic N) is 1. The van der Waals surface area contributed by atoms with Gasteiger partial charge in [0, 0.05) is 28.9 Å². The molecule has 0 aromatic heterocycles. The van der Waals surface area contributed by atoms with E-state index in [-0.39, 0.29) is 17.6 Å². The number of thioether (sulfide) groups is 1. The van der Waals surface area contributed by atoms with Crippen molar-refractivity contribution in [1.82, 2.24) is 10.2 Å². The second-order valence-electron chi connectivity index (χ2n) is 7.38. The highest BCUT2D eigenvalue weighted by Gasteiger charge is 2.26. The van der Waals surface area contributed by atoms with Gasteiger partial charge >= 0.3 is 0 Å². The van der Waals surface area contributed by atoms with Gasteiger partial charge in [0.1, 0.15) is 11.8 Å². The van der Waals surface area contributed by atoms with Gasteiger partial charge in [0.2, 0.25) is 11.8 Å². The summed E-state index contributed by atoms with van der Waals surface area (Å²) < 4.78 is 5.21. The Hall–Kier alpha value is -1.89. The molecule has 0 unspecified atom stereocenters. The van der Waals surface area contributed by atoms with Crippen molar-refractivity contribution in [1.29, 1.82) is 0 Å². The SMILES string of the molecule is CCCCNC(=O)[C@H](C)N(Cc1ccc(OC)cc1)C(=O)CSCc1c(Cl)cccc1Cl. The van der Waals surface area contributed by atoms with Crippen molar-refractivity contribution in [2.24, 2.45) is 0 Å². The molecule has 0 aliphatic carbocycles. The fourth-order valence-corrected chi connectivity index (χ4v) is 4.69. The molecule has 0 saturated carbocycles. The molecule has 0 aliphatic rings. The van der Waals surface area contributed by atoms with Crippen LogP contribution in [0.15, 0.2) is 42.5 Å². The number of amides is 2. The molecule has 0 heterocycles. The number of hydrogen-bond acceptors (Lipinski definition) is 4. The van der Waals surface area contributed by atoms with Crippen LogP contribution in [0.2, 0.25) is 10.0 Å². The molecular weight excluding hydrogens is 467 g/mol. The van der Waals surface area contributed by atoms with Crippen LogP contribution in [0.3, 0.4) is 0 Å². The van der Waals surface area contributed by atoms with Crippen LogP contribution >= 0.6 is 35.0 Å². The molecule has 8 heteroatoms. The van der Waals surface area contributed by atoms with E-state index in [1.54, 1.807) is 37.1 Å². The van der Waals surface area contributed by atoms with Crippen LogP contribution < -0.4 is 10.1 Å². The van der Waals surface area contributed by atoms with Gasteiger partial charge < -0.3 is 15.0 Å². The largest absolute Gasteiger partial charge is 0.497 e. The van der Waals surface area contributed by atoms with Crippen LogP contribution in [0.1, 0.15) is 37.8 Å². The molecule has 5 nitrogen and oxygen atoms in total. The van der Waals surface area contributed by atoms with E-state index in [0.29, 0.717) is 28.9 Å². The molecule has 174 valence electrons. The minimum Gasteiger partial charge on any atom is -0.497 e. The minimum atomic E-state index is -0.592. The van der Waals surface area contributed by atoms with E-state index in [4.69, 9.17) is 27.9 Å². The van der Waals surface area contributed by atoms with E-state index in [1.807, 2.05) is 24.3 Å². The zero-order valence-corrected chi connectivity index (χ0v) is 21.0. The van der Waals surface area contributed by atoms with Gasteiger partial charge in [-0.15, -0.1) is 11.8 Å². The molecule has 0 aliphatic heterocycles. The highest BCUT2D eigenvalue weighted by Crippen LogP contribution is 2.28. The number of hydrogen-bond donors (Lipinski definition) is 1. The summed E-state index contributed by atoms with van der Waals surface area (Å²) >= 11 is 13.9. The average Bonchev–Trinajstić information content (AvgIpc) is 2.79. The Morgan fingerprint density at radius 3 is 2.38 bits per heavy atom. The second kappa shape index (κ2) is 13.6. The van der Waals surface area contributed by atoms with Crippen LogP contribution in [0.5, 0.6) is 5.75 Å². The van der Waals surface area contributed by atoms with Crippen molar-refractivity contribution < 1.29 is 14.3 Å². The predicted molar refractivity (Wildman–Crippen MR) is 134 cm³/mol. The second-order valence-corrected chi connectivity index (χ2v) is 9.18. The first-order valence-electron chi connectivity index (χ1n) is 10.6. The summed E-state index contributed by atoms with van der Waals surface area (Å²) in [5.74, 6) is 1.19. The van der Waals surface area contributed by atoms with Gasteiger partial charge in [0.25, 0.3) is 0 Å². The third-order valence-corrected chi connectivity index (χ3v) is 6.69. The summed E-state index contributed by atoms with van der Waals surface area (Å²) in [6, 6.07) is 12.3. The predicted octanol–water partition coefficient (Wildman–Crippen LogP) is 5.57. The summed E-state index contributed by atoms with van der Waals surface area (Å²) in [5, 5.41) is 4.08. The van der Waals surface area contributed by atoms with Crippen LogP contribution in [0.4, 0.5) is 0 Å². The molecule has 2 aromatic carbocycles. The van der Waals surface area contributed by atoms with E-state index >= 15 is 0 Å². The van der Waals surface area contributed by atoms with Gasteiger partial charge in [-0.05, 0) is 48.7 Å². The average molecular weight is 497 g/mol. The van der Waals surface area contributed by atoms with E-state index in [2.05, 4.69) is 12.2 Å². The number of halogens is 2. The number of carbonyl (C=O) groups excluding carboxylic acids is 2. The highest BCUT2D eigenvalue weighted by atomic mass is 35.5. The quantitative estimate of drug-likeness (QED) is 0.390. The summed E-state index contributed by atoms with van der Waals surface area (Å²) in [6.45, 7) is 4.76. The summed E-state index contributed by atoms with van der Waals surface area (Å²) in [6.07, 6.45) is 1.89. The summed E-state index contributed by atoms with van der Waals surface area (Å²) in [5.41, 5.74) is 1.73. The van der Waals surface area contributed by atoms with Gasteiger partial charge in [0.05, 0.1) is 12.9 Å². The molecule has 2 rings (SSSR count). The third kappa shape index (κ3) is 7.91. The van der Waals surface area contributed by atoms with Crippen LogP contribution in [0.25, 0.3) is 0 Å². The van der Waals surface area contributed by atoms with E-state index in [0.717, 1.165) is 29.7 Å². The molecule has 2 aromatic rings. The van der Waals surface area contributed by atoms with E-state index in [9.17, 15) is 9.59 Å². The van der Waals surface area contributed by atoms with Crippen LogP contribution in [-0.2, 0) is 21.9 Å². The van der Waals surface area contributed by atoms with Gasteiger partial charge in [-0.25, -0.2) is 0 Å². The Balaban J connectivity index is 2.08. The number of unbranched alkanes of at least 4 members (excludes halogenated alkanes) is 1. The van der Waals surface area contributed by atoms with E-state index < -0.39 is 6.04 Å². The summed E-state index contributed by atoms with van der Waals surface area (Å²) in [4.78, 5) is 27.4. The molecular formula is C24H30Cl2N2O3S. The number of benzene rings is 2. The Bertz CT molecular complexity index is 873. The molecule has 2 amide bonds. The minimum absolute atomic E-state index is 0.118. The molecule has 1 atom stereocenters. The Labute approximate surface area is 204 Å². The number of carbonyl (C=O) groups is 2. The van der Waals surface area contributed by atoms with Crippen LogP contribution in [0, 0.1) is 0 Å². The third-order valence-electron chi connectivity index (χ3n) is 5.04. The highest BCUT2D eigenvalue weighted by molar-refractivity contribution is 7.99. The molecule has 0 radical (unpaired) electrons. The van der Waals surface area contributed by atoms with Crippen molar-refractivity contribution in [3.8, 4) is 5.75 Å². The Morgan fingerprint density at radius 1 is 1.12 bits per heavy atom.